The Morgan fingerprint density at radius 2 is 2.00 bits per heavy atom. The molecule has 0 aliphatic heterocycles. The average Bonchev–Trinajstić information content (AvgIpc) is 2.63. The van der Waals surface area contributed by atoms with E-state index >= 15 is 0 Å². The van der Waals surface area contributed by atoms with Crippen LogP contribution in [0.2, 0.25) is 0 Å². The van der Waals surface area contributed by atoms with Crippen LogP contribution in [0.3, 0.4) is 0 Å². The summed E-state index contributed by atoms with van der Waals surface area (Å²) in [4.78, 5) is 0. The molecule has 1 heterocycles. The van der Waals surface area contributed by atoms with Gasteiger partial charge in [-0.05, 0) is 25.5 Å². The summed E-state index contributed by atoms with van der Waals surface area (Å²) in [7, 11) is -3.58. The van der Waals surface area contributed by atoms with E-state index in [9.17, 15) is 8.42 Å². The smallest absolute Gasteiger partial charge is 0.241 e. The van der Waals surface area contributed by atoms with Crippen LogP contribution in [-0.4, -0.2) is 13.6 Å². The maximum atomic E-state index is 12.0. The molecule has 7 heteroatoms. The SMILES string of the molecule is Cc1noc(NS(=O)(=O)Cc2ccccc2N)c1C. The van der Waals surface area contributed by atoms with Gasteiger partial charge in [0, 0.05) is 11.3 Å². The molecule has 0 fully saturated rings. The van der Waals surface area contributed by atoms with Crippen LogP contribution in [0, 0.1) is 13.8 Å². The Hall–Kier alpha value is -2.02. The van der Waals surface area contributed by atoms with Crippen LogP contribution in [0.25, 0.3) is 0 Å². The summed E-state index contributed by atoms with van der Waals surface area (Å²) >= 11 is 0. The molecule has 2 aromatic rings. The molecule has 19 heavy (non-hydrogen) atoms. The summed E-state index contributed by atoms with van der Waals surface area (Å²) in [6, 6.07) is 6.83. The zero-order valence-electron chi connectivity index (χ0n) is 10.7. The Morgan fingerprint density at radius 1 is 1.32 bits per heavy atom. The number of anilines is 2. The molecule has 0 aliphatic carbocycles. The van der Waals surface area contributed by atoms with Crippen molar-refractivity contribution in [3.63, 3.8) is 0 Å². The Morgan fingerprint density at radius 3 is 2.58 bits per heavy atom. The summed E-state index contributed by atoms with van der Waals surface area (Å²) in [6.45, 7) is 3.48. The first-order valence-corrected chi connectivity index (χ1v) is 7.31. The lowest BCUT2D eigenvalue weighted by atomic mass is 10.2. The fraction of sp³-hybridized carbons (Fsp3) is 0.250. The molecule has 1 aromatic carbocycles. The lowest BCUT2D eigenvalue weighted by molar-refractivity contribution is 0.430. The third-order valence-corrected chi connectivity index (χ3v) is 3.99. The molecule has 0 atom stereocenters. The summed E-state index contributed by atoms with van der Waals surface area (Å²) in [5.74, 6) is -0.0641. The van der Waals surface area contributed by atoms with Gasteiger partial charge in [0.2, 0.25) is 15.9 Å². The standard InChI is InChI=1S/C12H15N3O3S/c1-8-9(2)14-18-12(8)15-19(16,17)7-10-5-3-4-6-11(10)13/h3-6,15H,7,13H2,1-2H3. The molecule has 102 valence electrons. The van der Waals surface area contributed by atoms with Gasteiger partial charge in [-0.1, -0.05) is 23.4 Å². The number of nitrogen functional groups attached to an aromatic ring is 1. The third-order valence-electron chi connectivity index (χ3n) is 2.81. The molecule has 0 unspecified atom stereocenters. The number of rotatable bonds is 4. The fourth-order valence-corrected chi connectivity index (χ4v) is 2.78. The molecular formula is C12H15N3O3S. The van der Waals surface area contributed by atoms with Crippen LogP contribution in [0.1, 0.15) is 16.8 Å². The number of nitrogens with zero attached hydrogens (tertiary/aromatic N) is 1. The van der Waals surface area contributed by atoms with Crippen molar-refractivity contribution < 1.29 is 12.9 Å². The van der Waals surface area contributed by atoms with Gasteiger partial charge in [0.05, 0.1) is 11.4 Å². The highest BCUT2D eigenvalue weighted by molar-refractivity contribution is 7.91. The van der Waals surface area contributed by atoms with Crippen LogP contribution >= 0.6 is 0 Å². The highest BCUT2D eigenvalue weighted by Crippen LogP contribution is 2.21. The molecule has 6 nitrogen and oxygen atoms in total. The van der Waals surface area contributed by atoms with E-state index in [0.717, 1.165) is 0 Å². The number of benzene rings is 1. The van der Waals surface area contributed by atoms with Gasteiger partial charge in [-0.2, -0.15) is 0 Å². The molecule has 0 spiro atoms. The molecule has 3 N–H and O–H groups in total. The molecule has 0 saturated heterocycles. The Bertz CT molecular complexity index is 692. The van der Waals surface area contributed by atoms with Crippen LogP contribution < -0.4 is 10.5 Å². The Labute approximate surface area is 111 Å². The number of aryl methyl sites for hydroxylation is 1. The van der Waals surface area contributed by atoms with E-state index in [1.165, 1.54) is 0 Å². The monoisotopic (exact) mass is 281 g/mol. The predicted molar refractivity (Wildman–Crippen MR) is 73.1 cm³/mol. The predicted octanol–water partition coefficient (Wildman–Crippen LogP) is 1.82. The van der Waals surface area contributed by atoms with E-state index in [1.807, 2.05) is 0 Å². The Balaban J connectivity index is 2.20. The summed E-state index contributed by atoms with van der Waals surface area (Å²) in [5.41, 5.74) is 8.04. The number of nitrogens with one attached hydrogen (secondary N) is 1. The summed E-state index contributed by atoms with van der Waals surface area (Å²) < 4.78 is 31.4. The number of hydrogen-bond acceptors (Lipinski definition) is 5. The average molecular weight is 281 g/mol. The van der Waals surface area contributed by atoms with Gasteiger partial charge in [0.1, 0.15) is 0 Å². The van der Waals surface area contributed by atoms with Crippen molar-refractivity contribution in [3.05, 3.63) is 41.1 Å². The number of sulfonamides is 1. The van der Waals surface area contributed by atoms with Crippen molar-refractivity contribution in [1.82, 2.24) is 5.16 Å². The number of hydrogen-bond donors (Lipinski definition) is 2. The van der Waals surface area contributed by atoms with Crippen LogP contribution in [0.4, 0.5) is 11.6 Å². The van der Waals surface area contributed by atoms with E-state index in [0.29, 0.717) is 22.5 Å². The van der Waals surface area contributed by atoms with E-state index in [1.54, 1.807) is 38.1 Å². The second kappa shape index (κ2) is 4.93. The molecule has 2 rings (SSSR count). The van der Waals surface area contributed by atoms with Gasteiger partial charge >= 0.3 is 0 Å². The first-order valence-electron chi connectivity index (χ1n) is 5.66. The van der Waals surface area contributed by atoms with Crippen molar-refractivity contribution in [1.29, 1.82) is 0 Å². The minimum absolute atomic E-state index is 0.145. The second-order valence-electron chi connectivity index (χ2n) is 4.28. The van der Waals surface area contributed by atoms with Crippen LogP contribution in [0.5, 0.6) is 0 Å². The zero-order chi connectivity index (χ0) is 14.0. The molecule has 0 aliphatic rings. The van der Waals surface area contributed by atoms with Crippen molar-refractivity contribution in [3.8, 4) is 0 Å². The van der Waals surface area contributed by atoms with E-state index in [-0.39, 0.29) is 11.6 Å². The highest BCUT2D eigenvalue weighted by Gasteiger charge is 2.18. The minimum atomic E-state index is -3.58. The van der Waals surface area contributed by atoms with Crippen LogP contribution in [0.15, 0.2) is 28.8 Å². The van der Waals surface area contributed by atoms with Crippen molar-refractivity contribution >= 4 is 21.6 Å². The maximum absolute atomic E-state index is 12.0. The van der Waals surface area contributed by atoms with Crippen LogP contribution in [-0.2, 0) is 15.8 Å². The maximum Gasteiger partial charge on any atom is 0.241 e. The molecule has 0 saturated carbocycles. The second-order valence-corrected chi connectivity index (χ2v) is 6.00. The van der Waals surface area contributed by atoms with E-state index in [4.69, 9.17) is 10.3 Å². The molecule has 0 radical (unpaired) electrons. The molecule has 0 bridgehead atoms. The summed E-state index contributed by atoms with van der Waals surface area (Å²) in [5, 5.41) is 3.70. The lowest BCUT2D eigenvalue weighted by Crippen LogP contribution is -2.16. The van der Waals surface area contributed by atoms with Gasteiger partial charge in [0.25, 0.3) is 0 Å². The first kappa shape index (κ1) is 13.4. The largest absolute Gasteiger partial charge is 0.398 e. The van der Waals surface area contributed by atoms with Gasteiger partial charge in [-0.25, -0.2) is 8.42 Å². The third kappa shape index (κ3) is 3.05. The number of nitrogens with two attached hydrogens (primary N) is 1. The number of para-hydroxylation sites is 1. The number of aromatic nitrogens is 1. The van der Waals surface area contributed by atoms with E-state index in [2.05, 4.69) is 9.88 Å². The van der Waals surface area contributed by atoms with Crippen molar-refractivity contribution in [2.75, 3.05) is 10.5 Å². The van der Waals surface area contributed by atoms with Gasteiger partial charge in [-0.3, -0.25) is 4.72 Å². The topological polar surface area (TPSA) is 98.2 Å². The molecular weight excluding hydrogens is 266 g/mol. The summed E-state index contributed by atoms with van der Waals surface area (Å²) in [6.07, 6.45) is 0. The molecule has 1 aromatic heterocycles. The highest BCUT2D eigenvalue weighted by atomic mass is 32.2. The van der Waals surface area contributed by atoms with Crippen molar-refractivity contribution in [2.24, 2.45) is 0 Å². The normalized spacial score (nSPS) is 11.5. The zero-order valence-corrected chi connectivity index (χ0v) is 11.5. The first-order chi connectivity index (χ1) is 8.89. The van der Waals surface area contributed by atoms with Gasteiger partial charge < -0.3 is 10.3 Å². The molecule has 0 amide bonds. The minimum Gasteiger partial charge on any atom is -0.398 e. The van der Waals surface area contributed by atoms with E-state index < -0.39 is 10.0 Å². The lowest BCUT2D eigenvalue weighted by Gasteiger charge is -2.07. The Kier molecular flexibility index (Phi) is 3.48. The van der Waals surface area contributed by atoms with Crippen molar-refractivity contribution in [2.45, 2.75) is 19.6 Å². The van der Waals surface area contributed by atoms with Gasteiger partial charge in [-0.15, -0.1) is 0 Å². The van der Waals surface area contributed by atoms with Gasteiger partial charge in [0.15, 0.2) is 0 Å². The quantitative estimate of drug-likeness (QED) is 0.833. The fourth-order valence-electron chi connectivity index (χ4n) is 1.56.